The molecule has 3 aliphatic heterocycles. The second kappa shape index (κ2) is 7.19. The highest BCUT2D eigenvalue weighted by atomic mass is 35.5. The Morgan fingerprint density at radius 1 is 1.20 bits per heavy atom. The molecule has 3 saturated heterocycles. The number of anilines is 1. The lowest BCUT2D eigenvalue weighted by molar-refractivity contribution is 0.0622. The molecule has 3 aliphatic rings. The minimum absolute atomic E-state index is 0. The van der Waals surface area contributed by atoms with Gasteiger partial charge >= 0.3 is 6.03 Å². The summed E-state index contributed by atoms with van der Waals surface area (Å²) in [4.78, 5) is 26.7. The fourth-order valence-electron chi connectivity index (χ4n) is 3.73. The van der Waals surface area contributed by atoms with Gasteiger partial charge in [-0.05, 0) is 55.4 Å². The van der Waals surface area contributed by atoms with Crippen LogP contribution in [-0.2, 0) is 0 Å². The molecule has 2 aromatic rings. The number of carbonyl (C=O) groups excluding carboxylic acids is 2. The molecule has 1 atom stereocenters. The Bertz CT molecular complexity index is 801. The number of carbonyl (C=O) groups is 2. The highest BCUT2D eigenvalue weighted by Crippen LogP contribution is 2.30. The first kappa shape index (κ1) is 18.0. The van der Waals surface area contributed by atoms with Gasteiger partial charge in [0.15, 0.2) is 0 Å². The summed E-state index contributed by atoms with van der Waals surface area (Å²) in [6.45, 7) is 3.29. The Balaban J connectivity index is 0.00000182. The van der Waals surface area contributed by atoms with E-state index in [1.807, 2.05) is 18.2 Å². The molecule has 25 heavy (non-hydrogen) atoms. The standard InChI is InChI=1S/C17H20N4O2S.ClH/c18-17(23)19-12-2-1-11-7-15(24-14(11)8-12)16(22)20-13-9-21-5-3-10(13)4-6-21;/h1-2,7-8,10,13H,3-6,9H2,(H,20,22)(H3,18,19,23);1H/t13-;/m0./s1. The number of nitrogens with one attached hydrogen (secondary N) is 2. The number of fused-ring (bicyclic) bond motifs is 4. The van der Waals surface area contributed by atoms with Crippen LogP contribution in [0.2, 0.25) is 0 Å². The quantitative estimate of drug-likeness (QED) is 0.764. The van der Waals surface area contributed by atoms with E-state index in [4.69, 9.17) is 5.73 Å². The van der Waals surface area contributed by atoms with Gasteiger partial charge in [-0.1, -0.05) is 6.07 Å². The van der Waals surface area contributed by atoms with Crippen molar-refractivity contribution in [2.24, 2.45) is 11.7 Å². The fraction of sp³-hybridized carbons (Fsp3) is 0.412. The number of thiophene rings is 1. The maximum atomic E-state index is 12.6. The van der Waals surface area contributed by atoms with E-state index in [-0.39, 0.29) is 24.4 Å². The summed E-state index contributed by atoms with van der Waals surface area (Å²) >= 11 is 1.44. The molecule has 1 aromatic carbocycles. The molecule has 6 nitrogen and oxygen atoms in total. The van der Waals surface area contributed by atoms with Gasteiger partial charge in [-0.3, -0.25) is 4.79 Å². The van der Waals surface area contributed by atoms with Gasteiger partial charge in [0.05, 0.1) is 4.88 Å². The van der Waals surface area contributed by atoms with Crippen molar-refractivity contribution >= 4 is 51.5 Å². The zero-order valence-corrected chi connectivity index (χ0v) is 15.3. The van der Waals surface area contributed by atoms with Crippen LogP contribution in [0, 0.1) is 5.92 Å². The normalized spacial score (nSPS) is 24.6. The molecule has 0 saturated carbocycles. The van der Waals surface area contributed by atoms with Gasteiger partial charge in [-0.15, -0.1) is 23.7 Å². The van der Waals surface area contributed by atoms with Crippen LogP contribution in [0.5, 0.6) is 0 Å². The topological polar surface area (TPSA) is 87.5 Å². The van der Waals surface area contributed by atoms with E-state index in [9.17, 15) is 9.59 Å². The fourth-order valence-corrected chi connectivity index (χ4v) is 4.74. The summed E-state index contributed by atoms with van der Waals surface area (Å²) in [7, 11) is 0. The average Bonchev–Trinajstić information content (AvgIpc) is 2.99. The maximum absolute atomic E-state index is 12.6. The van der Waals surface area contributed by atoms with Crippen molar-refractivity contribution in [3.8, 4) is 0 Å². The van der Waals surface area contributed by atoms with Gasteiger partial charge in [0, 0.05) is 23.0 Å². The number of benzene rings is 1. The molecule has 0 unspecified atom stereocenters. The largest absolute Gasteiger partial charge is 0.351 e. The number of primary amides is 1. The lowest BCUT2D eigenvalue weighted by atomic mass is 9.84. The molecule has 3 fully saturated rings. The number of hydrogen-bond acceptors (Lipinski definition) is 4. The molecule has 4 N–H and O–H groups in total. The van der Waals surface area contributed by atoms with Crippen molar-refractivity contribution in [3.05, 3.63) is 29.1 Å². The van der Waals surface area contributed by atoms with Crippen LogP contribution < -0.4 is 16.4 Å². The first-order valence-corrected chi connectivity index (χ1v) is 9.03. The minimum Gasteiger partial charge on any atom is -0.351 e. The van der Waals surface area contributed by atoms with Crippen LogP contribution in [0.3, 0.4) is 0 Å². The molecular formula is C17H21ClN4O2S. The molecule has 3 amide bonds. The first-order chi connectivity index (χ1) is 11.6. The van der Waals surface area contributed by atoms with Crippen molar-refractivity contribution in [3.63, 3.8) is 0 Å². The minimum atomic E-state index is -0.591. The average molecular weight is 381 g/mol. The predicted octanol–water partition coefficient (Wildman–Crippen LogP) is 2.64. The van der Waals surface area contributed by atoms with Crippen LogP contribution in [0.1, 0.15) is 22.5 Å². The Morgan fingerprint density at radius 2 is 1.96 bits per heavy atom. The molecule has 0 aliphatic carbocycles. The van der Waals surface area contributed by atoms with Crippen molar-refractivity contribution in [2.45, 2.75) is 18.9 Å². The third-order valence-corrected chi connectivity index (χ3v) is 6.08. The number of amides is 3. The number of hydrogen-bond donors (Lipinski definition) is 3. The molecule has 1 aromatic heterocycles. The molecule has 134 valence electrons. The van der Waals surface area contributed by atoms with Crippen LogP contribution >= 0.6 is 23.7 Å². The van der Waals surface area contributed by atoms with Gasteiger partial charge in [0.2, 0.25) is 0 Å². The van der Waals surface area contributed by atoms with Crippen molar-refractivity contribution in [1.29, 1.82) is 0 Å². The number of nitrogens with two attached hydrogens (primary N) is 1. The number of nitrogens with zero attached hydrogens (tertiary/aromatic N) is 1. The SMILES string of the molecule is Cl.NC(=O)Nc1ccc2cc(C(=O)N[C@H]3CN4CCC3CC4)sc2c1. The highest BCUT2D eigenvalue weighted by Gasteiger charge is 2.35. The molecule has 5 rings (SSSR count). The lowest BCUT2D eigenvalue weighted by Gasteiger charge is -2.44. The van der Waals surface area contributed by atoms with Crippen LogP contribution in [0.4, 0.5) is 10.5 Å². The van der Waals surface area contributed by atoms with Crippen molar-refractivity contribution < 1.29 is 9.59 Å². The number of piperidine rings is 3. The van der Waals surface area contributed by atoms with Crippen molar-refractivity contribution in [2.75, 3.05) is 25.0 Å². The molecule has 8 heteroatoms. The Hall–Kier alpha value is -1.83. The van der Waals surface area contributed by atoms with E-state index >= 15 is 0 Å². The second-order valence-corrected chi connectivity index (χ2v) is 7.65. The summed E-state index contributed by atoms with van der Waals surface area (Å²) in [5.41, 5.74) is 5.78. The smallest absolute Gasteiger partial charge is 0.316 e. The molecule has 0 radical (unpaired) electrons. The second-order valence-electron chi connectivity index (χ2n) is 6.57. The van der Waals surface area contributed by atoms with E-state index in [0.29, 0.717) is 16.5 Å². The van der Waals surface area contributed by atoms with Gasteiger partial charge in [-0.2, -0.15) is 0 Å². The maximum Gasteiger partial charge on any atom is 0.316 e. The summed E-state index contributed by atoms with van der Waals surface area (Å²) in [6.07, 6.45) is 2.36. The van der Waals surface area contributed by atoms with Gasteiger partial charge in [0.25, 0.3) is 5.91 Å². The number of rotatable bonds is 3. The van der Waals surface area contributed by atoms with E-state index < -0.39 is 6.03 Å². The van der Waals surface area contributed by atoms with E-state index in [1.165, 1.54) is 24.2 Å². The monoisotopic (exact) mass is 380 g/mol. The lowest BCUT2D eigenvalue weighted by Crippen LogP contribution is -2.57. The van der Waals surface area contributed by atoms with E-state index in [2.05, 4.69) is 15.5 Å². The molecule has 0 spiro atoms. The zero-order valence-electron chi connectivity index (χ0n) is 13.7. The highest BCUT2D eigenvalue weighted by molar-refractivity contribution is 7.20. The summed E-state index contributed by atoms with van der Waals surface area (Å²) in [5.74, 6) is 0.610. The third-order valence-electron chi connectivity index (χ3n) is 4.98. The van der Waals surface area contributed by atoms with Crippen LogP contribution in [0.25, 0.3) is 10.1 Å². The first-order valence-electron chi connectivity index (χ1n) is 8.22. The number of halogens is 1. The summed E-state index contributed by atoms with van der Waals surface area (Å²) < 4.78 is 0.959. The molecular weight excluding hydrogens is 360 g/mol. The predicted molar refractivity (Wildman–Crippen MR) is 103 cm³/mol. The van der Waals surface area contributed by atoms with Crippen molar-refractivity contribution in [1.82, 2.24) is 10.2 Å². The van der Waals surface area contributed by atoms with Gasteiger partial charge in [0.1, 0.15) is 0 Å². The third kappa shape index (κ3) is 3.73. The summed E-state index contributed by atoms with van der Waals surface area (Å²) in [6, 6.07) is 7.10. The number of urea groups is 1. The van der Waals surface area contributed by atoms with E-state index in [1.54, 1.807) is 6.07 Å². The van der Waals surface area contributed by atoms with Crippen LogP contribution in [-0.4, -0.2) is 42.5 Å². The Morgan fingerprint density at radius 3 is 2.60 bits per heavy atom. The Kier molecular flexibility index (Phi) is 5.17. The van der Waals surface area contributed by atoms with E-state index in [0.717, 1.165) is 29.7 Å². The van der Waals surface area contributed by atoms with Gasteiger partial charge < -0.3 is 21.3 Å². The molecule has 4 heterocycles. The van der Waals surface area contributed by atoms with Crippen LogP contribution in [0.15, 0.2) is 24.3 Å². The summed E-state index contributed by atoms with van der Waals surface area (Å²) in [5, 5.41) is 6.77. The molecule has 2 bridgehead atoms. The Labute approximate surface area is 156 Å². The zero-order chi connectivity index (χ0) is 16.7. The van der Waals surface area contributed by atoms with Gasteiger partial charge in [-0.25, -0.2) is 4.79 Å².